The minimum Gasteiger partial charge on any atom is -0.380 e. The number of halogens is 1. The smallest absolute Gasteiger partial charge is 0.235 e. The van der Waals surface area contributed by atoms with Crippen LogP contribution in [0.1, 0.15) is 17.5 Å². The van der Waals surface area contributed by atoms with Crippen molar-refractivity contribution in [2.24, 2.45) is 0 Å². The van der Waals surface area contributed by atoms with Gasteiger partial charge in [0.1, 0.15) is 6.07 Å². The zero-order valence-electron chi connectivity index (χ0n) is 12.9. The van der Waals surface area contributed by atoms with Crippen LogP contribution in [-0.4, -0.2) is 20.7 Å². The molecule has 24 heavy (non-hydrogen) atoms. The molecule has 2 aromatic carbocycles. The molecule has 2 aromatic rings. The lowest BCUT2D eigenvalue weighted by atomic mass is 10.1. The van der Waals surface area contributed by atoms with Gasteiger partial charge in [-0.15, -0.1) is 0 Å². The summed E-state index contributed by atoms with van der Waals surface area (Å²) in [7, 11) is -3.19. The summed E-state index contributed by atoms with van der Waals surface area (Å²) in [5.74, 6) is 0.198. The SMILES string of the molecule is N#Cc1ccc(Cl)cc1NCc1cccc(N2CCCS2(=O)=O)c1. The predicted octanol–water partition coefficient (Wildman–Crippen LogP) is 3.36. The molecule has 7 heteroatoms. The van der Waals surface area contributed by atoms with Gasteiger partial charge in [0.15, 0.2) is 0 Å². The summed E-state index contributed by atoms with van der Waals surface area (Å²) in [5.41, 5.74) is 2.78. The fourth-order valence-corrected chi connectivity index (χ4v) is 4.44. The molecule has 3 rings (SSSR count). The number of hydrogen-bond acceptors (Lipinski definition) is 4. The molecule has 0 bridgehead atoms. The number of nitrogens with zero attached hydrogens (tertiary/aromatic N) is 2. The molecule has 1 saturated heterocycles. The Morgan fingerprint density at radius 1 is 1.25 bits per heavy atom. The van der Waals surface area contributed by atoms with Crippen LogP contribution >= 0.6 is 11.6 Å². The zero-order valence-corrected chi connectivity index (χ0v) is 14.4. The Labute approximate surface area is 146 Å². The maximum absolute atomic E-state index is 12.0. The van der Waals surface area contributed by atoms with Crippen LogP contribution in [0.5, 0.6) is 0 Å². The Morgan fingerprint density at radius 3 is 2.79 bits per heavy atom. The highest BCUT2D eigenvalue weighted by atomic mass is 35.5. The molecule has 0 amide bonds. The number of sulfonamides is 1. The molecule has 0 saturated carbocycles. The second-order valence-corrected chi connectivity index (χ2v) is 8.02. The second kappa shape index (κ2) is 6.71. The average molecular weight is 362 g/mol. The summed E-state index contributed by atoms with van der Waals surface area (Å²) in [6, 6.07) is 14.6. The minimum absolute atomic E-state index is 0.198. The molecule has 1 aliphatic heterocycles. The highest BCUT2D eigenvalue weighted by molar-refractivity contribution is 7.93. The van der Waals surface area contributed by atoms with E-state index in [0.717, 1.165) is 5.56 Å². The molecular weight excluding hydrogens is 346 g/mol. The quantitative estimate of drug-likeness (QED) is 0.906. The summed E-state index contributed by atoms with van der Waals surface area (Å²) in [6.07, 6.45) is 0.652. The second-order valence-electron chi connectivity index (χ2n) is 5.57. The van der Waals surface area contributed by atoms with Crippen LogP contribution in [0.15, 0.2) is 42.5 Å². The Kier molecular flexibility index (Phi) is 4.65. The fourth-order valence-electron chi connectivity index (χ4n) is 2.71. The van der Waals surface area contributed by atoms with E-state index in [1.165, 1.54) is 4.31 Å². The van der Waals surface area contributed by atoms with Crippen LogP contribution in [0.4, 0.5) is 11.4 Å². The summed E-state index contributed by atoms with van der Waals surface area (Å²) < 4.78 is 25.5. The molecule has 0 unspecified atom stereocenters. The van der Waals surface area contributed by atoms with Crippen molar-refractivity contribution in [2.45, 2.75) is 13.0 Å². The lowest BCUT2D eigenvalue weighted by Gasteiger charge is -2.18. The molecule has 0 atom stereocenters. The summed E-state index contributed by atoms with van der Waals surface area (Å²) in [4.78, 5) is 0. The Balaban J connectivity index is 1.79. The molecule has 1 N–H and O–H groups in total. The van der Waals surface area contributed by atoms with Crippen molar-refractivity contribution in [1.82, 2.24) is 0 Å². The van der Waals surface area contributed by atoms with Gasteiger partial charge in [-0.2, -0.15) is 5.26 Å². The third kappa shape index (κ3) is 3.48. The van der Waals surface area contributed by atoms with Crippen molar-refractivity contribution in [3.63, 3.8) is 0 Å². The third-order valence-corrected chi connectivity index (χ3v) is 5.99. The standard InChI is InChI=1S/C17H16ClN3O2S/c18-15-6-5-14(11-19)17(10-15)20-12-13-3-1-4-16(9-13)21-7-2-8-24(21,22)23/h1,3-6,9-10,20H,2,7-8,12H2. The zero-order chi connectivity index (χ0) is 17.2. The average Bonchev–Trinajstić information content (AvgIpc) is 2.92. The van der Waals surface area contributed by atoms with Gasteiger partial charge in [0.05, 0.1) is 22.7 Å². The van der Waals surface area contributed by atoms with Gasteiger partial charge in [-0.3, -0.25) is 4.31 Å². The van der Waals surface area contributed by atoms with Gasteiger partial charge in [0.25, 0.3) is 0 Å². The number of anilines is 2. The molecule has 0 spiro atoms. The van der Waals surface area contributed by atoms with E-state index in [2.05, 4.69) is 11.4 Å². The van der Waals surface area contributed by atoms with Crippen molar-refractivity contribution >= 4 is 33.0 Å². The van der Waals surface area contributed by atoms with Crippen LogP contribution < -0.4 is 9.62 Å². The Morgan fingerprint density at radius 2 is 2.08 bits per heavy atom. The monoisotopic (exact) mass is 361 g/mol. The van der Waals surface area contributed by atoms with Crippen LogP contribution in [0.25, 0.3) is 0 Å². The van der Waals surface area contributed by atoms with Gasteiger partial charge >= 0.3 is 0 Å². The van der Waals surface area contributed by atoms with Crippen molar-refractivity contribution in [3.8, 4) is 6.07 Å². The van der Waals surface area contributed by atoms with E-state index < -0.39 is 10.0 Å². The predicted molar refractivity (Wildman–Crippen MR) is 95.7 cm³/mol. The van der Waals surface area contributed by atoms with Gasteiger partial charge in [0.2, 0.25) is 10.0 Å². The van der Waals surface area contributed by atoms with Crippen LogP contribution in [0.2, 0.25) is 5.02 Å². The number of nitrogens with one attached hydrogen (secondary N) is 1. The number of rotatable bonds is 4. The van der Waals surface area contributed by atoms with Gasteiger partial charge in [0, 0.05) is 18.1 Å². The first-order valence-electron chi connectivity index (χ1n) is 7.52. The van der Waals surface area contributed by atoms with E-state index in [0.29, 0.717) is 41.5 Å². The number of nitriles is 1. The highest BCUT2D eigenvalue weighted by Gasteiger charge is 2.28. The summed E-state index contributed by atoms with van der Waals surface area (Å²) >= 11 is 5.98. The topological polar surface area (TPSA) is 73.2 Å². The molecular formula is C17H16ClN3O2S. The lowest BCUT2D eigenvalue weighted by Crippen LogP contribution is -2.25. The molecule has 5 nitrogen and oxygen atoms in total. The van der Waals surface area contributed by atoms with E-state index in [1.807, 2.05) is 18.2 Å². The van der Waals surface area contributed by atoms with E-state index >= 15 is 0 Å². The van der Waals surface area contributed by atoms with Gasteiger partial charge in [-0.1, -0.05) is 23.7 Å². The van der Waals surface area contributed by atoms with Crippen LogP contribution in [0, 0.1) is 11.3 Å². The number of hydrogen-bond donors (Lipinski definition) is 1. The molecule has 1 aliphatic rings. The van der Waals surface area contributed by atoms with Gasteiger partial charge < -0.3 is 5.32 Å². The molecule has 0 aliphatic carbocycles. The largest absolute Gasteiger partial charge is 0.380 e. The summed E-state index contributed by atoms with van der Waals surface area (Å²) in [6.45, 7) is 0.989. The molecule has 1 heterocycles. The molecule has 1 fully saturated rings. The van der Waals surface area contributed by atoms with Crippen molar-refractivity contribution in [2.75, 3.05) is 21.9 Å². The van der Waals surface area contributed by atoms with E-state index in [-0.39, 0.29) is 5.75 Å². The minimum atomic E-state index is -3.19. The van der Waals surface area contributed by atoms with Crippen LogP contribution in [0.3, 0.4) is 0 Å². The van der Waals surface area contributed by atoms with Crippen LogP contribution in [-0.2, 0) is 16.6 Å². The van der Waals surface area contributed by atoms with Crippen molar-refractivity contribution < 1.29 is 8.42 Å². The van der Waals surface area contributed by atoms with E-state index in [4.69, 9.17) is 16.9 Å². The first kappa shape index (κ1) is 16.6. The van der Waals surface area contributed by atoms with Crippen molar-refractivity contribution in [3.05, 3.63) is 58.6 Å². The van der Waals surface area contributed by atoms with Crippen molar-refractivity contribution in [1.29, 1.82) is 5.26 Å². The first-order chi connectivity index (χ1) is 11.5. The number of benzene rings is 2. The highest BCUT2D eigenvalue weighted by Crippen LogP contribution is 2.26. The fraction of sp³-hybridized carbons (Fsp3) is 0.235. The Hall–Kier alpha value is -2.23. The van der Waals surface area contributed by atoms with E-state index in [9.17, 15) is 8.42 Å². The van der Waals surface area contributed by atoms with Gasteiger partial charge in [-0.25, -0.2) is 8.42 Å². The molecule has 124 valence electrons. The maximum atomic E-state index is 12.0. The summed E-state index contributed by atoms with van der Waals surface area (Å²) in [5, 5.41) is 12.9. The lowest BCUT2D eigenvalue weighted by molar-refractivity contribution is 0.599. The third-order valence-electron chi connectivity index (χ3n) is 3.88. The Bertz CT molecular complexity index is 906. The first-order valence-corrected chi connectivity index (χ1v) is 9.51. The molecule has 0 radical (unpaired) electrons. The van der Waals surface area contributed by atoms with E-state index in [1.54, 1.807) is 24.3 Å². The normalized spacial score (nSPS) is 15.9. The van der Waals surface area contributed by atoms with Gasteiger partial charge in [-0.05, 0) is 42.3 Å². The molecule has 0 aromatic heterocycles. The maximum Gasteiger partial charge on any atom is 0.235 e.